The van der Waals surface area contributed by atoms with Crippen molar-refractivity contribution in [3.8, 4) is 17.6 Å². The van der Waals surface area contributed by atoms with E-state index in [-0.39, 0.29) is 5.92 Å². The van der Waals surface area contributed by atoms with Gasteiger partial charge in [-0.1, -0.05) is 0 Å². The summed E-state index contributed by atoms with van der Waals surface area (Å²) in [5, 5.41) is 8.76. The molecule has 1 aliphatic carbocycles. The first kappa shape index (κ1) is 6.79. The molecule has 1 aromatic rings. The quantitative estimate of drug-likeness (QED) is 0.598. The first-order valence-corrected chi connectivity index (χ1v) is 4.20. The molecular formula is C10H7NO2. The van der Waals surface area contributed by atoms with Gasteiger partial charge in [-0.05, 0) is 29.7 Å². The largest absolute Gasteiger partial charge is 0.454 e. The van der Waals surface area contributed by atoms with E-state index in [2.05, 4.69) is 6.07 Å². The fourth-order valence-electron chi connectivity index (χ4n) is 1.81. The van der Waals surface area contributed by atoms with Gasteiger partial charge in [-0.15, -0.1) is 0 Å². The maximum atomic E-state index is 8.76. The van der Waals surface area contributed by atoms with Crippen LogP contribution in [0.5, 0.6) is 11.5 Å². The lowest BCUT2D eigenvalue weighted by atomic mass is 9.78. The Labute approximate surface area is 75.5 Å². The van der Waals surface area contributed by atoms with Crippen LogP contribution in [0.2, 0.25) is 0 Å². The standard InChI is InChI=1S/C10H7NO2/c11-4-7-1-6-2-9-10(3-8(6)7)13-5-12-9/h2-3,7H,1,5H2/t7-/m1/s1. The number of ether oxygens (including phenoxy) is 2. The van der Waals surface area contributed by atoms with Crippen molar-refractivity contribution < 1.29 is 9.47 Å². The molecule has 1 aromatic carbocycles. The lowest BCUT2D eigenvalue weighted by Gasteiger charge is -2.24. The highest BCUT2D eigenvalue weighted by Gasteiger charge is 2.29. The highest BCUT2D eigenvalue weighted by atomic mass is 16.7. The molecule has 1 heterocycles. The van der Waals surface area contributed by atoms with E-state index in [1.54, 1.807) is 0 Å². The molecule has 0 amide bonds. The highest BCUT2D eigenvalue weighted by molar-refractivity contribution is 5.55. The zero-order valence-corrected chi connectivity index (χ0v) is 6.91. The molecule has 13 heavy (non-hydrogen) atoms. The Bertz CT molecular complexity index is 420. The normalized spacial score (nSPS) is 21.6. The van der Waals surface area contributed by atoms with Gasteiger partial charge in [0.15, 0.2) is 11.5 Å². The molecule has 0 N–H and O–H groups in total. The van der Waals surface area contributed by atoms with Gasteiger partial charge < -0.3 is 9.47 Å². The van der Waals surface area contributed by atoms with Gasteiger partial charge in [0.1, 0.15) is 0 Å². The number of rotatable bonds is 0. The number of benzene rings is 1. The van der Waals surface area contributed by atoms with Crippen molar-refractivity contribution in [2.45, 2.75) is 12.3 Å². The number of fused-ring (bicyclic) bond motifs is 2. The van der Waals surface area contributed by atoms with E-state index in [0.717, 1.165) is 23.5 Å². The Kier molecular flexibility index (Phi) is 1.13. The van der Waals surface area contributed by atoms with Crippen molar-refractivity contribution in [2.24, 2.45) is 0 Å². The fourth-order valence-corrected chi connectivity index (χ4v) is 1.81. The van der Waals surface area contributed by atoms with E-state index in [1.165, 1.54) is 5.56 Å². The minimum atomic E-state index is 0.0597. The third kappa shape index (κ3) is 0.775. The van der Waals surface area contributed by atoms with Crippen molar-refractivity contribution in [2.75, 3.05) is 6.79 Å². The lowest BCUT2D eigenvalue weighted by Crippen LogP contribution is -2.14. The molecule has 2 aliphatic rings. The van der Waals surface area contributed by atoms with Crippen LogP contribution in [0.25, 0.3) is 0 Å². The third-order valence-corrected chi connectivity index (χ3v) is 2.59. The molecule has 0 unspecified atom stereocenters. The van der Waals surface area contributed by atoms with Crippen LogP contribution in [0, 0.1) is 11.3 Å². The maximum Gasteiger partial charge on any atom is 0.231 e. The molecule has 1 aliphatic heterocycles. The Morgan fingerprint density at radius 1 is 1.31 bits per heavy atom. The smallest absolute Gasteiger partial charge is 0.231 e. The molecule has 0 bridgehead atoms. The molecule has 1 atom stereocenters. The predicted octanol–water partition coefficient (Wildman–Crippen LogP) is 1.58. The van der Waals surface area contributed by atoms with Gasteiger partial charge in [0.2, 0.25) is 6.79 Å². The minimum absolute atomic E-state index is 0.0597. The van der Waals surface area contributed by atoms with Gasteiger partial charge >= 0.3 is 0 Å². The number of nitriles is 1. The molecule has 0 aromatic heterocycles. The van der Waals surface area contributed by atoms with Gasteiger partial charge in [0.05, 0.1) is 12.0 Å². The van der Waals surface area contributed by atoms with Crippen molar-refractivity contribution in [3.63, 3.8) is 0 Å². The minimum Gasteiger partial charge on any atom is -0.454 e. The highest BCUT2D eigenvalue weighted by Crippen LogP contribution is 2.43. The van der Waals surface area contributed by atoms with Crippen LogP contribution >= 0.6 is 0 Å². The number of hydrogen-bond acceptors (Lipinski definition) is 3. The van der Waals surface area contributed by atoms with Gasteiger partial charge in [-0.2, -0.15) is 5.26 Å². The summed E-state index contributed by atoms with van der Waals surface area (Å²) >= 11 is 0. The van der Waals surface area contributed by atoms with Crippen LogP contribution in [0.1, 0.15) is 17.0 Å². The van der Waals surface area contributed by atoms with Crippen molar-refractivity contribution >= 4 is 0 Å². The lowest BCUT2D eigenvalue weighted by molar-refractivity contribution is 0.174. The second kappa shape index (κ2) is 2.17. The number of hydrogen-bond donors (Lipinski definition) is 0. The van der Waals surface area contributed by atoms with Crippen molar-refractivity contribution in [3.05, 3.63) is 23.3 Å². The van der Waals surface area contributed by atoms with Crippen LogP contribution in [0.4, 0.5) is 0 Å². The molecule has 0 spiro atoms. The SMILES string of the molecule is N#C[C@H]1Cc2cc3c(cc21)OCO3. The summed E-state index contributed by atoms with van der Waals surface area (Å²) in [6.45, 7) is 0.301. The van der Waals surface area contributed by atoms with Gasteiger partial charge in [0, 0.05) is 0 Å². The molecule has 0 fully saturated rings. The molecule has 3 rings (SSSR count). The zero-order chi connectivity index (χ0) is 8.84. The van der Waals surface area contributed by atoms with Crippen LogP contribution in [-0.2, 0) is 6.42 Å². The average molecular weight is 173 g/mol. The summed E-state index contributed by atoms with van der Waals surface area (Å²) in [5.74, 6) is 1.65. The molecule has 3 nitrogen and oxygen atoms in total. The summed E-state index contributed by atoms with van der Waals surface area (Å²) in [7, 11) is 0. The second-order valence-electron chi connectivity index (χ2n) is 3.29. The Morgan fingerprint density at radius 2 is 2.08 bits per heavy atom. The Hall–Kier alpha value is -1.69. The van der Waals surface area contributed by atoms with E-state index < -0.39 is 0 Å². The summed E-state index contributed by atoms with van der Waals surface area (Å²) in [6.07, 6.45) is 0.850. The monoisotopic (exact) mass is 173 g/mol. The third-order valence-electron chi connectivity index (χ3n) is 2.59. The van der Waals surface area contributed by atoms with Gasteiger partial charge in [-0.25, -0.2) is 0 Å². The van der Waals surface area contributed by atoms with Crippen molar-refractivity contribution in [1.29, 1.82) is 5.26 Å². The van der Waals surface area contributed by atoms with Crippen LogP contribution < -0.4 is 9.47 Å². The molecule has 0 saturated heterocycles. The molecule has 0 saturated carbocycles. The first-order chi connectivity index (χ1) is 6.38. The number of nitrogens with zero attached hydrogens (tertiary/aromatic N) is 1. The summed E-state index contributed by atoms with van der Waals surface area (Å²) in [4.78, 5) is 0. The second-order valence-corrected chi connectivity index (χ2v) is 3.29. The molecule has 64 valence electrons. The fraction of sp³-hybridized carbons (Fsp3) is 0.300. The summed E-state index contributed by atoms with van der Waals surface area (Å²) in [5.41, 5.74) is 2.32. The molecular weight excluding hydrogens is 166 g/mol. The molecule has 0 radical (unpaired) electrons. The predicted molar refractivity (Wildman–Crippen MR) is 44.6 cm³/mol. The van der Waals surface area contributed by atoms with E-state index in [4.69, 9.17) is 14.7 Å². The van der Waals surface area contributed by atoms with Gasteiger partial charge in [0.25, 0.3) is 0 Å². The Morgan fingerprint density at radius 3 is 2.85 bits per heavy atom. The van der Waals surface area contributed by atoms with Crippen LogP contribution in [-0.4, -0.2) is 6.79 Å². The average Bonchev–Trinajstić information content (AvgIpc) is 2.55. The van der Waals surface area contributed by atoms with E-state index >= 15 is 0 Å². The topological polar surface area (TPSA) is 42.2 Å². The van der Waals surface area contributed by atoms with Crippen LogP contribution in [0.15, 0.2) is 12.1 Å². The molecule has 3 heteroatoms. The van der Waals surface area contributed by atoms with E-state index in [1.807, 2.05) is 12.1 Å². The van der Waals surface area contributed by atoms with E-state index in [9.17, 15) is 0 Å². The Balaban J connectivity index is 2.12. The zero-order valence-electron chi connectivity index (χ0n) is 6.91. The summed E-state index contributed by atoms with van der Waals surface area (Å²) in [6, 6.07) is 6.16. The van der Waals surface area contributed by atoms with Crippen LogP contribution in [0.3, 0.4) is 0 Å². The van der Waals surface area contributed by atoms with E-state index in [0.29, 0.717) is 6.79 Å². The summed E-state index contributed by atoms with van der Waals surface area (Å²) < 4.78 is 10.5. The maximum absolute atomic E-state index is 8.76. The first-order valence-electron chi connectivity index (χ1n) is 4.20. The van der Waals surface area contributed by atoms with Crippen molar-refractivity contribution in [1.82, 2.24) is 0 Å². The van der Waals surface area contributed by atoms with Gasteiger partial charge in [-0.3, -0.25) is 0 Å².